The number of carboxylic acid groups (broad SMARTS) is 1. The van der Waals surface area contributed by atoms with Crippen LogP contribution >= 0.6 is 0 Å². The maximum atomic E-state index is 11.7. The molecule has 0 aliphatic carbocycles. The van der Waals surface area contributed by atoms with Crippen LogP contribution in [0.15, 0.2) is 24.3 Å². The second kappa shape index (κ2) is 7.16. The van der Waals surface area contributed by atoms with E-state index in [1.165, 1.54) is 12.1 Å². The van der Waals surface area contributed by atoms with Crippen molar-refractivity contribution >= 4 is 16.8 Å². The van der Waals surface area contributed by atoms with Crippen molar-refractivity contribution in [3.8, 4) is 5.75 Å². The Morgan fingerprint density at radius 1 is 1.50 bits per heavy atom. The Balaban J connectivity index is 2.47. The summed E-state index contributed by atoms with van der Waals surface area (Å²) in [6.45, 7) is 4.28. The van der Waals surface area contributed by atoms with Crippen molar-refractivity contribution in [1.29, 1.82) is 0 Å². The highest BCUT2D eigenvalue weighted by Gasteiger charge is 2.09. The van der Waals surface area contributed by atoms with E-state index in [1.54, 1.807) is 12.1 Å². The second-order valence-corrected chi connectivity index (χ2v) is 5.96. The maximum Gasteiger partial charge on any atom is 0.335 e. The van der Waals surface area contributed by atoms with E-state index < -0.39 is 16.8 Å². The van der Waals surface area contributed by atoms with Gasteiger partial charge in [0.25, 0.3) is 0 Å². The van der Waals surface area contributed by atoms with Gasteiger partial charge in [0.1, 0.15) is 5.75 Å². The van der Waals surface area contributed by atoms with Gasteiger partial charge >= 0.3 is 5.97 Å². The minimum absolute atomic E-state index is 0.166. The first-order valence-corrected chi connectivity index (χ1v) is 7.26. The van der Waals surface area contributed by atoms with Crippen LogP contribution in [0.2, 0.25) is 0 Å². The van der Waals surface area contributed by atoms with E-state index in [0.29, 0.717) is 18.1 Å². The average molecular weight is 270 g/mol. The van der Waals surface area contributed by atoms with Gasteiger partial charge in [-0.2, -0.15) is 0 Å². The lowest BCUT2D eigenvalue weighted by Gasteiger charge is -2.10. The van der Waals surface area contributed by atoms with E-state index in [2.05, 4.69) is 0 Å². The third kappa shape index (κ3) is 4.49. The highest BCUT2D eigenvalue weighted by atomic mass is 32.2. The second-order valence-electron chi connectivity index (χ2n) is 3.99. The van der Waals surface area contributed by atoms with Crippen LogP contribution in [0.25, 0.3) is 0 Å². The van der Waals surface area contributed by atoms with Gasteiger partial charge in [-0.15, -0.1) is 0 Å². The van der Waals surface area contributed by atoms with Crippen molar-refractivity contribution in [2.75, 3.05) is 12.4 Å². The number of aromatic carboxylic acids is 1. The van der Waals surface area contributed by atoms with Crippen LogP contribution in [0.3, 0.4) is 0 Å². The van der Waals surface area contributed by atoms with E-state index in [-0.39, 0.29) is 10.8 Å². The van der Waals surface area contributed by atoms with Crippen molar-refractivity contribution in [1.82, 2.24) is 0 Å². The normalized spacial score (nSPS) is 13.9. The standard InChI is InChI=1S/C13H18O4S/c1-3-10(2)18(16)8-7-17-12-6-4-5-11(9-12)13(14)15/h4-6,9-10H,3,7-8H2,1-2H3,(H,14,15). The van der Waals surface area contributed by atoms with Crippen LogP contribution in [-0.2, 0) is 10.8 Å². The van der Waals surface area contributed by atoms with Gasteiger partial charge in [0, 0.05) is 16.0 Å². The zero-order chi connectivity index (χ0) is 13.5. The summed E-state index contributed by atoms with van der Waals surface area (Å²) in [7, 11) is -0.894. The molecular weight excluding hydrogens is 252 g/mol. The van der Waals surface area contributed by atoms with Crippen LogP contribution in [0.5, 0.6) is 5.75 Å². The van der Waals surface area contributed by atoms with E-state index in [0.717, 1.165) is 6.42 Å². The van der Waals surface area contributed by atoms with Gasteiger partial charge in [-0.25, -0.2) is 4.79 Å². The molecule has 5 heteroatoms. The molecule has 1 N–H and O–H groups in total. The lowest BCUT2D eigenvalue weighted by atomic mass is 10.2. The first kappa shape index (κ1) is 14.7. The molecule has 0 heterocycles. The summed E-state index contributed by atoms with van der Waals surface area (Å²) in [4.78, 5) is 10.8. The molecule has 1 rings (SSSR count). The average Bonchev–Trinajstić information content (AvgIpc) is 2.38. The summed E-state index contributed by atoms with van der Waals surface area (Å²) in [5.74, 6) is -0.0218. The van der Waals surface area contributed by atoms with Gasteiger partial charge in [0.05, 0.1) is 17.9 Å². The molecule has 0 fully saturated rings. The largest absolute Gasteiger partial charge is 0.493 e. The third-order valence-electron chi connectivity index (χ3n) is 2.66. The number of rotatable bonds is 7. The maximum absolute atomic E-state index is 11.7. The fraction of sp³-hybridized carbons (Fsp3) is 0.462. The SMILES string of the molecule is CCC(C)S(=O)CCOc1cccc(C(=O)O)c1. The smallest absolute Gasteiger partial charge is 0.335 e. The Kier molecular flexibility index (Phi) is 5.85. The van der Waals surface area contributed by atoms with Crippen LogP contribution < -0.4 is 4.74 Å². The number of carbonyl (C=O) groups is 1. The highest BCUT2D eigenvalue weighted by molar-refractivity contribution is 7.85. The fourth-order valence-corrected chi connectivity index (χ4v) is 2.37. The summed E-state index contributed by atoms with van der Waals surface area (Å²) < 4.78 is 17.1. The zero-order valence-corrected chi connectivity index (χ0v) is 11.4. The van der Waals surface area contributed by atoms with Crippen molar-refractivity contribution in [2.24, 2.45) is 0 Å². The lowest BCUT2D eigenvalue weighted by molar-refractivity contribution is 0.0696. The number of carboxylic acids is 1. The van der Waals surface area contributed by atoms with Gasteiger partial charge in [-0.05, 0) is 24.6 Å². The minimum atomic E-state index is -0.983. The Morgan fingerprint density at radius 3 is 2.83 bits per heavy atom. The summed E-state index contributed by atoms with van der Waals surface area (Å²) in [5.41, 5.74) is 0.190. The lowest BCUT2D eigenvalue weighted by Crippen LogP contribution is -2.17. The summed E-state index contributed by atoms with van der Waals surface area (Å²) in [5, 5.41) is 8.99. The molecule has 100 valence electrons. The summed E-state index contributed by atoms with van der Waals surface area (Å²) in [6.07, 6.45) is 0.876. The van der Waals surface area contributed by atoms with Crippen LogP contribution in [0.1, 0.15) is 30.6 Å². The molecule has 0 amide bonds. The van der Waals surface area contributed by atoms with Crippen LogP contribution in [0, 0.1) is 0 Å². The van der Waals surface area contributed by atoms with Gasteiger partial charge in [-0.1, -0.05) is 19.9 Å². The van der Waals surface area contributed by atoms with E-state index in [4.69, 9.17) is 9.84 Å². The molecule has 0 aliphatic rings. The minimum Gasteiger partial charge on any atom is -0.493 e. The molecule has 4 nitrogen and oxygen atoms in total. The Labute approximate surface area is 109 Å². The number of hydrogen-bond acceptors (Lipinski definition) is 3. The van der Waals surface area contributed by atoms with Crippen molar-refractivity contribution in [2.45, 2.75) is 25.5 Å². The number of ether oxygens (including phenoxy) is 1. The van der Waals surface area contributed by atoms with E-state index >= 15 is 0 Å². The number of benzene rings is 1. The Morgan fingerprint density at radius 2 is 2.22 bits per heavy atom. The van der Waals surface area contributed by atoms with Crippen LogP contribution in [0.4, 0.5) is 0 Å². The van der Waals surface area contributed by atoms with Gasteiger partial charge in [-0.3, -0.25) is 4.21 Å². The Bertz CT molecular complexity index is 431. The zero-order valence-electron chi connectivity index (χ0n) is 10.6. The molecule has 18 heavy (non-hydrogen) atoms. The van der Waals surface area contributed by atoms with Crippen molar-refractivity contribution < 1.29 is 18.8 Å². The molecule has 0 saturated carbocycles. The molecule has 0 aliphatic heterocycles. The molecule has 0 bridgehead atoms. The molecule has 0 aromatic heterocycles. The molecule has 0 radical (unpaired) electrons. The molecular formula is C13H18O4S. The fourth-order valence-electron chi connectivity index (χ4n) is 1.35. The molecule has 1 aromatic rings. The first-order valence-electron chi connectivity index (χ1n) is 5.88. The van der Waals surface area contributed by atoms with Crippen molar-refractivity contribution in [3.05, 3.63) is 29.8 Å². The van der Waals surface area contributed by atoms with Gasteiger partial charge < -0.3 is 9.84 Å². The molecule has 0 saturated heterocycles. The number of hydrogen-bond donors (Lipinski definition) is 1. The van der Waals surface area contributed by atoms with Crippen LogP contribution in [-0.4, -0.2) is 32.9 Å². The third-order valence-corrected chi connectivity index (χ3v) is 4.46. The highest BCUT2D eigenvalue weighted by Crippen LogP contribution is 2.13. The summed E-state index contributed by atoms with van der Waals surface area (Å²) in [6, 6.07) is 6.30. The predicted molar refractivity (Wildman–Crippen MR) is 71.7 cm³/mol. The van der Waals surface area contributed by atoms with Gasteiger partial charge in [0.15, 0.2) is 0 Å². The summed E-state index contributed by atoms with van der Waals surface area (Å²) >= 11 is 0. The van der Waals surface area contributed by atoms with Crippen molar-refractivity contribution in [3.63, 3.8) is 0 Å². The van der Waals surface area contributed by atoms with E-state index in [9.17, 15) is 9.00 Å². The van der Waals surface area contributed by atoms with Gasteiger partial charge in [0.2, 0.25) is 0 Å². The van der Waals surface area contributed by atoms with E-state index in [1.807, 2.05) is 13.8 Å². The predicted octanol–water partition coefficient (Wildman–Crippen LogP) is 2.31. The molecule has 2 unspecified atom stereocenters. The topological polar surface area (TPSA) is 63.6 Å². The quantitative estimate of drug-likeness (QED) is 0.825. The molecule has 0 spiro atoms. The Hall–Kier alpha value is -1.36. The molecule has 2 atom stereocenters. The monoisotopic (exact) mass is 270 g/mol. The molecule has 1 aromatic carbocycles. The first-order chi connectivity index (χ1) is 8.54.